The normalized spacial score (nSPS) is 18.9. The Morgan fingerprint density at radius 3 is 2.69 bits per heavy atom. The van der Waals surface area contributed by atoms with Crippen LogP contribution in [-0.2, 0) is 30.9 Å². The Labute approximate surface area is 156 Å². The number of carbonyl (C=O) groups is 2. The highest BCUT2D eigenvalue weighted by atomic mass is 32.2. The van der Waals surface area contributed by atoms with Gasteiger partial charge in [0.15, 0.2) is 0 Å². The van der Waals surface area contributed by atoms with Crippen molar-refractivity contribution in [2.75, 3.05) is 45.1 Å². The molecule has 0 spiro atoms. The number of carbonyl (C=O) groups excluding carboxylic acids is 2. The number of hydrogen-bond acceptors (Lipinski definition) is 7. The van der Waals surface area contributed by atoms with E-state index in [-0.39, 0.29) is 23.3 Å². The maximum absolute atomic E-state index is 12.7. The van der Waals surface area contributed by atoms with Crippen molar-refractivity contribution in [3.05, 3.63) is 29.8 Å². The molecule has 2 heterocycles. The second-order valence-electron chi connectivity index (χ2n) is 5.86. The lowest BCUT2D eigenvalue weighted by atomic mass is 10.2. The van der Waals surface area contributed by atoms with Crippen LogP contribution in [0.1, 0.15) is 5.56 Å². The number of amides is 1. The number of sulfonamides is 1. The molecule has 3 rings (SSSR count). The molecule has 0 aliphatic carbocycles. The average Bonchev–Trinajstić information content (AvgIpc) is 3.05. The maximum Gasteiger partial charge on any atom is 0.326 e. The molecule has 0 N–H and O–H groups in total. The molecule has 8 nitrogen and oxygen atoms in total. The summed E-state index contributed by atoms with van der Waals surface area (Å²) >= 11 is 1.18. The molecule has 2 fully saturated rings. The third-order valence-electron chi connectivity index (χ3n) is 4.07. The molecule has 26 heavy (non-hydrogen) atoms. The molecular formula is C16H20N2O6S2. The van der Waals surface area contributed by atoms with Gasteiger partial charge in [-0.25, -0.2) is 8.42 Å². The van der Waals surface area contributed by atoms with Crippen molar-refractivity contribution in [2.24, 2.45) is 0 Å². The standard InChI is InChI=1S/C16H20N2O6S2/c19-15(11-17-6-9-25-16(17)20)24-12-13-2-1-3-14(10-13)26(21,22)18-4-7-23-8-5-18/h1-3,10H,4-9,11-12H2. The van der Waals surface area contributed by atoms with E-state index in [9.17, 15) is 18.0 Å². The van der Waals surface area contributed by atoms with Crippen LogP contribution in [0.25, 0.3) is 0 Å². The number of nitrogens with zero attached hydrogens (tertiary/aromatic N) is 2. The van der Waals surface area contributed by atoms with Crippen LogP contribution >= 0.6 is 11.8 Å². The molecule has 0 atom stereocenters. The van der Waals surface area contributed by atoms with Crippen LogP contribution in [0, 0.1) is 0 Å². The van der Waals surface area contributed by atoms with E-state index in [0.29, 0.717) is 44.2 Å². The molecule has 1 amide bonds. The van der Waals surface area contributed by atoms with Gasteiger partial charge in [0.25, 0.3) is 5.24 Å². The van der Waals surface area contributed by atoms with Crippen molar-refractivity contribution in [1.82, 2.24) is 9.21 Å². The molecule has 0 saturated carbocycles. The first kappa shape index (κ1) is 19.2. The van der Waals surface area contributed by atoms with Gasteiger partial charge in [0, 0.05) is 25.4 Å². The lowest BCUT2D eigenvalue weighted by Crippen LogP contribution is -2.40. The summed E-state index contributed by atoms with van der Waals surface area (Å²) in [7, 11) is -3.59. The van der Waals surface area contributed by atoms with Gasteiger partial charge >= 0.3 is 5.97 Å². The Bertz CT molecular complexity index is 777. The highest BCUT2D eigenvalue weighted by Crippen LogP contribution is 2.19. The smallest absolute Gasteiger partial charge is 0.326 e. The second kappa shape index (κ2) is 8.38. The van der Waals surface area contributed by atoms with Crippen LogP contribution in [-0.4, -0.2) is 74.0 Å². The molecule has 0 aromatic heterocycles. The number of rotatable bonds is 6. The van der Waals surface area contributed by atoms with Gasteiger partial charge in [0.2, 0.25) is 10.0 Å². The molecular weight excluding hydrogens is 380 g/mol. The van der Waals surface area contributed by atoms with Crippen LogP contribution in [0.15, 0.2) is 29.2 Å². The van der Waals surface area contributed by atoms with Crippen LogP contribution in [0.3, 0.4) is 0 Å². The van der Waals surface area contributed by atoms with Crippen molar-refractivity contribution in [2.45, 2.75) is 11.5 Å². The average molecular weight is 400 g/mol. The van der Waals surface area contributed by atoms with E-state index in [1.807, 2.05) is 0 Å². The Morgan fingerprint density at radius 2 is 2.00 bits per heavy atom. The van der Waals surface area contributed by atoms with Gasteiger partial charge in [0.05, 0.1) is 18.1 Å². The van der Waals surface area contributed by atoms with Crippen molar-refractivity contribution in [1.29, 1.82) is 0 Å². The van der Waals surface area contributed by atoms with Crippen LogP contribution in [0.5, 0.6) is 0 Å². The predicted molar refractivity (Wildman–Crippen MR) is 95.2 cm³/mol. The van der Waals surface area contributed by atoms with Crippen LogP contribution in [0.4, 0.5) is 4.79 Å². The van der Waals surface area contributed by atoms with E-state index in [1.165, 1.54) is 33.1 Å². The van der Waals surface area contributed by atoms with Gasteiger partial charge in [-0.15, -0.1) is 0 Å². The zero-order valence-electron chi connectivity index (χ0n) is 14.1. The third-order valence-corrected chi connectivity index (χ3v) is 6.86. The number of morpholine rings is 1. The van der Waals surface area contributed by atoms with Gasteiger partial charge < -0.3 is 14.4 Å². The first-order chi connectivity index (χ1) is 12.5. The Balaban J connectivity index is 1.60. The summed E-state index contributed by atoms with van der Waals surface area (Å²) in [6, 6.07) is 6.35. The zero-order valence-corrected chi connectivity index (χ0v) is 15.8. The number of benzene rings is 1. The van der Waals surface area contributed by atoms with E-state index in [2.05, 4.69) is 0 Å². The molecule has 10 heteroatoms. The van der Waals surface area contributed by atoms with Crippen LogP contribution < -0.4 is 0 Å². The monoisotopic (exact) mass is 400 g/mol. The van der Waals surface area contributed by atoms with Gasteiger partial charge in [-0.3, -0.25) is 9.59 Å². The van der Waals surface area contributed by atoms with Crippen LogP contribution in [0.2, 0.25) is 0 Å². The van der Waals surface area contributed by atoms with E-state index >= 15 is 0 Å². The summed E-state index contributed by atoms with van der Waals surface area (Å²) in [5, 5.41) is -0.124. The van der Waals surface area contributed by atoms with Crippen molar-refractivity contribution in [3.8, 4) is 0 Å². The van der Waals surface area contributed by atoms with Crippen molar-refractivity contribution >= 4 is 33.0 Å². The highest BCUT2D eigenvalue weighted by Gasteiger charge is 2.27. The van der Waals surface area contributed by atoms with Crippen molar-refractivity contribution < 1.29 is 27.5 Å². The summed E-state index contributed by atoms with van der Waals surface area (Å²) in [4.78, 5) is 25.0. The minimum atomic E-state index is -3.59. The number of hydrogen-bond donors (Lipinski definition) is 0. The topological polar surface area (TPSA) is 93.2 Å². The molecule has 0 bridgehead atoms. The molecule has 0 radical (unpaired) electrons. The molecule has 2 saturated heterocycles. The predicted octanol–water partition coefficient (Wildman–Crippen LogP) is 0.919. The minimum absolute atomic E-state index is 0.0412. The largest absolute Gasteiger partial charge is 0.459 e. The summed E-state index contributed by atoms with van der Waals surface area (Å²) in [6.45, 7) is 1.81. The first-order valence-corrected chi connectivity index (χ1v) is 10.6. The maximum atomic E-state index is 12.7. The fourth-order valence-electron chi connectivity index (χ4n) is 2.67. The van der Waals surface area contributed by atoms with Gasteiger partial charge in [-0.1, -0.05) is 23.9 Å². The fraction of sp³-hybridized carbons (Fsp3) is 0.500. The Morgan fingerprint density at radius 1 is 1.23 bits per heavy atom. The van der Waals surface area contributed by atoms with Gasteiger partial charge in [-0.05, 0) is 17.7 Å². The first-order valence-electron chi connectivity index (χ1n) is 8.21. The molecule has 2 aliphatic heterocycles. The number of ether oxygens (including phenoxy) is 2. The Kier molecular flexibility index (Phi) is 6.17. The highest BCUT2D eigenvalue weighted by molar-refractivity contribution is 8.13. The van der Waals surface area contributed by atoms with E-state index < -0.39 is 16.0 Å². The van der Waals surface area contributed by atoms with Gasteiger partial charge in [0.1, 0.15) is 13.2 Å². The number of thioether (sulfide) groups is 1. The summed E-state index contributed by atoms with van der Waals surface area (Å²) in [5.41, 5.74) is 0.579. The second-order valence-corrected chi connectivity index (χ2v) is 8.84. The summed E-state index contributed by atoms with van der Waals surface area (Å²) in [5.74, 6) is 0.162. The fourth-order valence-corrected chi connectivity index (χ4v) is 4.97. The lowest BCUT2D eigenvalue weighted by molar-refractivity contribution is -0.145. The van der Waals surface area contributed by atoms with Crippen molar-refractivity contribution in [3.63, 3.8) is 0 Å². The third kappa shape index (κ3) is 4.56. The minimum Gasteiger partial charge on any atom is -0.459 e. The molecule has 142 valence electrons. The molecule has 1 aromatic rings. The summed E-state index contributed by atoms with van der Waals surface area (Å²) < 4.78 is 37.1. The molecule has 2 aliphatic rings. The number of esters is 1. The quantitative estimate of drug-likeness (QED) is 0.656. The SMILES string of the molecule is O=C(CN1CCSC1=O)OCc1cccc(S(=O)(=O)N2CCOCC2)c1. The van der Waals surface area contributed by atoms with E-state index in [1.54, 1.807) is 12.1 Å². The lowest BCUT2D eigenvalue weighted by Gasteiger charge is -2.26. The molecule has 1 aromatic carbocycles. The Hall–Kier alpha value is -1.62. The van der Waals surface area contributed by atoms with E-state index in [0.717, 1.165) is 0 Å². The van der Waals surface area contributed by atoms with E-state index in [4.69, 9.17) is 9.47 Å². The van der Waals surface area contributed by atoms with Gasteiger partial charge in [-0.2, -0.15) is 4.31 Å². The molecule has 0 unspecified atom stereocenters. The zero-order chi connectivity index (χ0) is 18.6. The summed E-state index contributed by atoms with van der Waals surface area (Å²) in [6.07, 6.45) is 0.